The molecule has 1 aliphatic rings. The Balaban J connectivity index is 1.64. The summed E-state index contributed by atoms with van der Waals surface area (Å²) in [6.45, 7) is 3.21. The van der Waals surface area contributed by atoms with Crippen LogP contribution in [-0.4, -0.2) is 61.2 Å². The number of nitrogens with zero attached hydrogens (tertiary/aromatic N) is 2. The van der Waals surface area contributed by atoms with Gasteiger partial charge in [-0.3, -0.25) is 9.59 Å². The van der Waals surface area contributed by atoms with E-state index in [0.29, 0.717) is 27.8 Å². The Bertz CT molecular complexity index is 2060. The number of nitrogens with two attached hydrogens (primary N) is 1. The molecule has 1 fully saturated rings. The molecular weight excluding hydrogens is 701 g/mol. The first kappa shape index (κ1) is 36.4. The number of anilines is 2. The third-order valence-corrected chi connectivity index (χ3v) is 10.4. The summed E-state index contributed by atoms with van der Waals surface area (Å²) in [6.07, 6.45) is -4.18. The van der Waals surface area contributed by atoms with Crippen molar-refractivity contribution < 1.29 is 45.4 Å². The average molecular weight is 733 g/mol. The van der Waals surface area contributed by atoms with E-state index < -0.39 is 51.9 Å². The van der Waals surface area contributed by atoms with E-state index in [1.165, 1.54) is 48.4 Å². The Labute approximate surface area is 290 Å². The number of benzene rings is 3. The number of carbonyl (C=O) groups is 3. The molecule has 1 saturated heterocycles. The Kier molecular flexibility index (Phi) is 10.6. The van der Waals surface area contributed by atoms with E-state index in [0.717, 1.165) is 0 Å². The number of nitrogen functional groups attached to an aromatic ring is 1. The lowest BCUT2D eigenvalue weighted by atomic mass is 9.93. The first-order valence-corrected chi connectivity index (χ1v) is 17.5. The number of aromatic nitrogens is 1. The largest absolute Gasteiger partial charge is 0.492 e. The van der Waals surface area contributed by atoms with Crippen LogP contribution in [0, 0.1) is 5.92 Å². The quantitative estimate of drug-likeness (QED) is 0.146. The molecule has 3 aromatic carbocycles. The number of likely N-dealkylation sites (tertiary alicyclic amines) is 1. The fraction of sp³-hybridized carbons (Fsp3) is 0.294. The van der Waals surface area contributed by atoms with Gasteiger partial charge in [0.05, 0.1) is 34.2 Å². The van der Waals surface area contributed by atoms with E-state index in [1.54, 1.807) is 43.3 Å². The summed E-state index contributed by atoms with van der Waals surface area (Å²) >= 11 is 6.36. The zero-order valence-corrected chi connectivity index (χ0v) is 28.3. The van der Waals surface area contributed by atoms with Gasteiger partial charge in [-0.2, -0.15) is 13.2 Å². The van der Waals surface area contributed by atoms with Crippen LogP contribution in [0.15, 0.2) is 77.8 Å². The van der Waals surface area contributed by atoms with Crippen LogP contribution in [0.3, 0.4) is 0 Å². The summed E-state index contributed by atoms with van der Waals surface area (Å²) in [6, 6.07) is 14.4. The number of fused-ring (bicyclic) bond motifs is 1. The van der Waals surface area contributed by atoms with Gasteiger partial charge >= 0.3 is 18.1 Å². The Hall–Kier alpha value is -4.89. The van der Waals surface area contributed by atoms with Crippen LogP contribution in [-0.2, 0) is 29.0 Å². The zero-order valence-electron chi connectivity index (χ0n) is 26.7. The maximum atomic E-state index is 14.8. The minimum atomic E-state index is -5.47. The van der Waals surface area contributed by atoms with Crippen molar-refractivity contribution in [1.29, 1.82) is 0 Å². The van der Waals surface area contributed by atoms with E-state index >= 15 is 0 Å². The van der Waals surface area contributed by atoms with Crippen molar-refractivity contribution >= 4 is 61.6 Å². The monoisotopic (exact) mass is 732 g/mol. The molecule has 264 valence electrons. The second-order valence-electron chi connectivity index (χ2n) is 11.4. The third-order valence-electron chi connectivity index (χ3n) is 8.30. The van der Waals surface area contributed by atoms with E-state index in [-0.39, 0.29) is 46.6 Å². The van der Waals surface area contributed by atoms with Crippen LogP contribution in [0.2, 0.25) is 5.02 Å². The Morgan fingerprint density at radius 2 is 1.82 bits per heavy atom. The predicted octanol–water partition coefficient (Wildman–Crippen LogP) is 6.04. The van der Waals surface area contributed by atoms with Crippen LogP contribution in [0.25, 0.3) is 10.8 Å². The molecule has 5 rings (SSSR count). The number of amides is 1. The smallest absolute Gasteiger partial charge is 0.491 e. The molecule has 2 unspecified atom stereocenters. The second kappa shape index (κ2) is 14.5. The van der Waals surface area contributed by atoms with Gasteiger partial charge in [0.25, 0.3) is 0 Å². The molecule has 4 aromatic rings. The van der Waals surface area contributed by atoms with Crippen molar-refractivity contribution in [3.8, 4) is 5.75 Å². The number of nitrogens with one attached hydrogen (secondary N) is 1. The van der Waals surface area contributed by atoms with Crippen molar-refractivity contribution in [2.45, 2.75) is 43.4 Å². The number of hydrogen-bond donors (Lipinski definition) is 2. The average Bonchev–Trinajstić information content (AvgIpc) is 3.53. The predicted molar refractivity (Wildman–Crippen MR) is 179 cm³/mol. The van der Waals surface area contributed by atoms with Gasteiger partial charge in [0.1, 0.15) is 17.6 Å². The molecule has 3 atom stereocenters. The molecule has 11 nitrogen and oxygen atoms in total. The van der Waals surface area contributed by atoms with Crippen LogP contribution in [0.5, 0.6) is 5.75 Å². The number of carbonyl (C=O) groups excluding carboxylic acids is 3. The molecule has 1 aliphatic heterocycles. The highest BCUT2D eigenvalue weighted by Gasteiger charge is 2.49. The number of esters is 2. The zero-order chi connectivity index (χ0) is 36.4. The molecular formula is C34H32ClF3N4O7S. The minimum absolute atomic E-state index is 0.0138. The SMILES string of the molecule is CCOc1cc([C@H](Nc2ccc3c(N)nccc3c2)C(=O)N2CCC(C(=O)OC(=O)C(F)(F)F)C2c2ccccc2S(=O)(=O)CC)ccc1Cl. The summed E-state index contributed by atoms with van der Waals surface area (Å²) < 4.78 is 75.7. The summed E-state index contributed by atoms with van der Waals surface area (Å²) in [4.78, 5) is 44.8. The molecule has 50 heavy (non-hydrogen) atoms. The molecule has 0 radical (unpaired) electrons. The topological polar surface area (TPSA) is 158 Å². The number of halogens is 4. The standard InChI is InChI=1S/C34H32ClF3N4O7S/c1-3-48-26-18-20(9-12-25(26)35)28(41-21-10-11-22-19(17-21)13-15-40-30(22)39)31(43)42-16-14-24(32(44)49-33(45)34(36,37)38)29(42)23-7-5-6-8-27(23)50(46,47)4-2/h5-13,15,17-18,24,28-29,41H,3-4,14,16H2,1-2H3,(H2,39,40)/t24?,28-,29?/m0/s1. The van der Waals surface area contributed by atoms with E-state index in [9.17, 15) is 36.0 Å². The fourth-order valence-electron chi connectivity index (χ4n) is 5.94. The molecule has 0 saturated carbocycles. The summed E-state index contributed by atoms with van der Waals surface area (Å²) in [5.41, 5.74) is 6.84. The van der Waals surface area contributed by atoms with Crippen LogP contribution < -0.4 is 15.8 Å². The molecule has 0 spiro atoms. The van der Waals surface area contributed by atoms with Gasteiger partial charge in [-0.1, -0.05) is 42.8 Å². The first-order valence-electron chi connectivity index (χ1n) is 15.4. The van der Waals surface area contributed by atoms with Crippen molar-refractivity contribution in [3.63, 3.8) is 0 Å². The summed E-state index contributed by atoms with van der Waals surface area (Å²) in [5, 5.41) is 4.84. The summed E-state index contributed by atoms with van der Waals surface area (Å²) in [7, 11) is -3.97. The maximum absolute atomic E-state index is 14.8. The Morgan fingerprint density at radius 3 is 2.52 bits per heavy atom. The second-order valence-corrected chi connectivity index (χ2v) is 14.0. The van der Waals surface area contributed by atoms with Gasteiger partial charge in [-0.05, 0) is 72.3 Å². The maximum Gasteiger partial charge on any atom is 0.491 e. The molecule has 1 aromatic heterocycles. The third kappa shape index (κ3) is 7.48. The number of pyridine rings is 1. The van der Waals surface area contributed by atoms with Gasteiger partial charge in [-0.25, -0.2) is 18.2 Å². The highest BCUT2D eigenvalue weighted by atomic mass is 35.5. The number of sulfone groups is 1. The minimum Gasteiger partial charge on any atom is -0.492 e. The highest BCUT2D eigenvalue weighted by molar-refractivity contribution is 7.91. The number of ether oxygens (including phenoxy) is 2. The molecule has 16 heteroatoms. The van der Waals surface area contributed by atoms with Crippen LogP contribution in [0.4, 0.5) is 24.7 Å². The van der Waals surface area contributed by atoms with Gasteiger partial charge in [0.2, 0.25) is 5.91 Å². The van der Waals surface area contributed by atoms with E-state index in [2.05, 4.69) is 15.0 Å². The van der Waals surface area contributed by atoms with Crippen molar-refractivity contribution in [2.75, 3.05) is 30.0 Å². The lowest BCUT2D eigenvalue weighted by Crippen LogP contribution is -2.40. The molecule has 0 bridgehead atoms. The van der Waals surface area contributed by atoms with Crippen LogP contribution >= 0.6 is 11.6 Å². The lowest BCUT2D eigenvalue weighted by molar-refractivity contribution is -0.203. The van der Waals surface area contributed by atoms with Crippen molar-refractivity contribution in [2.24, 2.45) is 5.92 Å². The molecule has 2 heterocycles. The highest BCUT2D eigenvalue weighted by Crippen LogP contribution is 2.43. The number of alkyl halides is 3. The van der Waals surface area contributed by atoms with Gasteiger partial charge in [-0.15, -0.1) is 0 Å². The normalized spacial score (nSPS) is 17.0. The Morgan fingerprint density at radius 1 is 1.08 bits per heavy atom. The van der Waals surface area contributed by atoms with E-state index in [4.69, 9.17) is 22.1 Å². The van der Waals surface area contributed by atoms with Crippen molar-refractivity contribution in [3.05, 3.63) is 89.1 Å². The van der Waals surface area contributed by atoms with Gasteiger partial charge in [0, 0.05) is 23.8 Å². The van der Waals surface area contributed by atoms with Crippen LogP contribution in [0.1, 0.15) is 43.5 Å². The number of hydrogen-bond acceptors (Lipinski definition) is 10. The molecule has 1 amide bonds. The van der Waals surface area contributed by atoms with Gasteiger partial charge < -0.3 is 25.4 Å². The first-order chi connectivity index (χ1) is 23.7. The molecule has 3 N–H and O–H groups in total. The molecule has 0 aliphatic carbocycles. The summed E-state index contributed by atoms with van der Waals surface area (Å²) in [5.74, 6) is -6.25. The lowest BCUT2D eigenvalue weighted by Gasteiger charge is -2.33. The fourth-order valence-corrected chi connectivity index (χ4v) is 7.25. The van der Waals surface area contributed by atoms with E-state index in [1.807, 2.05) is 0 Å². The van der Waals surface area contributed by atoms with Crippen molar-refractivity contribution in [1.82, 2.24) is 9.88 Å². The van der Waals surface area contributed by atoms with Gasteiger partial charge in [0.15, 0.2) is 9.84 Å². The number of rotatable bonds is 10.